The second-order valence-corrected chi connectivity index (χ2v) is 9.49. The standard InChI is InChI=1S/C22H31NO4/c1-15-4-3-5-21(2)13-19-16(12-18(15)21)17(20(24)27-19)14-23-8-6-22(7-9-23)25-10-11-26-22/h4,12,16-17,19H,3,5-11,13-14H2,1-2H3/p+1/t16-,17+,19-,21-/m1/s1. The number of carbonyl (C=O) groups is 1. The molecule has 5 rings (SSSR count). The lowest BCUT2D eigenvalue weighted by atomic mass is 9.62. The molecule has 148 valence electrons. The summed E-state index contributed by atoms with van der Waals surface area (Å²) in [5.74, 6) is -0.0755. The number of nitrogens with one attached hydrogen (secondary N) is 1. The van der Waals surface area contributed by atoms with Crippen molar-refractivity contribution in [2.24, 2.45) is 17.3 Å². The third kappa shape index (κ3) is 2.99. The maximum Gasteiger partial charge on any atom is 0.315 e. The molecular formula is C22H32NO4+. The Kier molecular flexibility index (Phi) is 4.26. The van der Waals surface area contributed by atoms with Crippen molar-refractivity contribution in [3.8, 4) is 0 Å². The van der Waals surface area contributed by atoms with E-state index in [1.54, 1.807) is 0 Å². The Morgan fingerprint density at radius 1 is 1.19 bits per heavy atom. The number of fused-ring (bicyclic) bond motifs is 2. The summed E-state index contributed by atoms with van der Waals surface area (Å²) in [6, 6.07) is 0. The lowest BCUT2D eigenvalue weighted by Crippen LogP contribution is -3.14. The lowest BCUT2D eigenvalue weighted by molar-refractivity contribution is -0.911. The van der Waals surface area contributed by atoms with Gasteiger partial charge in [-0.15, -0.1) is 0 Å². The normalized spacial score (nSPS) is 41.0. The van der Waals surface area contributed by atoms with Crippen LogP contribution >= 0.6 is 0 Å². The number of allylic oxidation sites excluding steroid dienone is 3. The Morgan fingerprint density at radius 2 is 1.93 bits per heavy atom. The summed E-state index contributed by atoms with van der Waals surface area (Å²) in [6.07, 6.45) is 9.98. The Balaban J connectivity index is 1.31. The highest BCUT2D eigenvalue weighted by Crippen LogP contribution is 2.52. The summed E-state index contributed by atoms with van der Waals surface area (Å²) >= 11 is 0. The SMILES string of the molecule is CC1=CCC[C@]2(C)C[C@H]3OC(=O)[C@@H](C[NH+]4CCC5(CC4)OCCO5)[C@H]3C=C12. The topological polar surface area (TPSA) is 49.2 Å². The zero-order valence-electron chi connectivity index (χ0n) is 16.6. The van der Waals surface area contributed by atoms with Crippen LogP contribution < -0.4 is 4.90 Å². The van der Waals surface area contributed by atoms with Gasteiger partial charge in [-0.3, -0.25) is 4.79 Å². The van der Waals surface area contributed by atoms with Crippen molar-refractivity contribution in [1.82, 2.24) is 0 Å². The fraction of sp³-hybridized carbons (Fsp3) is 0.773. The Bertz CT molecular complexity index is 682. The number of piperidine rings is 1. The van der Waals surface area contributed by atoms with Crippen LogP contribution in [0.5, 0.6) is 0 Å². The minimum Gasteiger partial charge on any atom is -0.461 e. The lowest BCUT2D eigenvalue weighted by Gasteiger charge is -2.43. The van der Waals surface area contributed by atoms with E-state index in [9.17, 15) is 4.79 Å². The molecule has 5 aliphatic rings. The Hall–Kier alpha value is -1.17. The van der Waals surface area contributed by atoms with E-state index < -0.39 is 0 Å². The van der Waals surface area contributed by atoms with Crippen molar-refractivity contribution in [1.29, 1.82) is 0 Å². The monoisotopic (exact) mass is 374 g/mol. The molecule has 0 aromatic heterocycles. The molecule has 5 nitrogen and oxygen atoms in total. The quantitative estimate of drug-likeness (QED) is 0.747. The van der Waals surface area contributed by atoms with Crippen LogP contribution in [0.3, 0.4) is 0 Å². The van der Waals surface area contributed by atoms with Crippen molar-refractivity contribution in [2.75, 3.05) is 32.8 Å². The van der Waals surface area contributed by atoms with Crippen LogP contribution in [0.1, 0.15) is 46.0 Å². The van der Waals surface area contributed by atoms with Gasteiger partial charge >= 0.3 is 5.97 Å². The molecule has 0 radical (unpaired) electrons. The number of hydrogen-bond acceptors (Lipinski definition) is 4. The van der Waals surface area contributed by atoms with Gasteiger partial charge in [-0.1, -0.05) is 24.6 Å². The van der Waals surface area contributed by atoms with E-state index in [4.69, 9.17) is 14.2 Å². The van der Waals surface area contributed by atoms with Gasteiger partial charge in [-0.2, -0.15) is 0 Å². The first-order valence-corrected chi connectivity index (χ1v) is 10.7. The van der Waals surface area contributed by atoms with Gasteiger partial charge in [0.25, 0.3) is 0 Å². The third-order valence-corrected chi connectivity index (χ3v) is 7.74. The van der Waals surface area contributed by atoms with Crippen LogP contribution in [0.25, 0.3) is 0 Å². The first kappa shape index (κ1) is 17.9. The maximum absolute atomic E-state index is 12.7. The molecule has 1 N–H and O–H groups in total. The predicted octanol–water partition coefficient (Wildman–Crippen LogP) is 1.64. The molecule has 0 bridgehead atoms. The number of quaternary nitrogens is 1. The summed E-state index contributed by atoms with van der Waals surface area (Å²) in [6.45, 7) is 8.90. The van der Waals surface area contributed by atoms with E-state index in [0.717, 1.165) is 45.3 Å². The van der Waals surface area contributed by atoms with Crippen molar-refractivity contribution in [2.45, 2.75) is 57.8 Å². The van der Waals surface area contributed by atoms with Gasteiger partial charge in [0.05, 0.1) is 45.7 Å². The first-order valence-electron chi connectivity index (χ1n) is 10.7. The molecular weight excluding hydrogens is 342 g/mol. The van der Waals surface area contributed by atoms with Gasteiger partial charge < -0.3 is 19.1 Å². The number of hydrogen-bond donors (Lipinski definition) is 1. The van der Waals surface area contributed by atoms with Crippen molar-refractivity contribution < 1.29 is 23.9 Å². The Morgan fingerprint density at radius 3 is 2.67 bits per heavy atom. The Labute approximate surface area is 161 Å². The van der Waals surface area contributed by atoms with Gasteiger partial charge in [-0.05, 0) is 37.2 Å². The third-order valence-electron chi connectivity index (χ3n) is 7.74. The molecule has 0 unspecified atom stereocenters. The van der Waals surface area contributed by atoms with Crippen LogP contribution in [-0.4, -0.2) is 50.7 Å². The zero-order chi connectivity index (χ0) is 18.6. The average molecular weight is 375 g/mol. The van der Waals surface area contributed by atoms with Gasteiger partial charge in [0, 0.05) is 5.92 Å². The van der Waals surface area contributed by atoms with Crippen molar-refractivity contribution >= 4 is 5.97 Å². The molecule has 27 heavy (non-hydrogen) atoms. The highest BCUT2D eigenvalue weighted by molar-refractivity contribution is 5.76. The van der Waals surface area contributed by atoms with Crippen molar-refractivity contribution in [3.63, 3.8) is 0 Å². The average Bonchev–Trinajstić information content (AvgIpc) is 3.20. The number of esters is 1. The summed E-state index contributed by atoms with van der Waals surface area (Å²) in [7, 11) is 0. The van der Waals surface area contributed by atoms with Gasteiger partial charge in [0.15, 0.2) is 5.79 Å². The van der Waals surface area contributed by atoms with E-state index in [1.165, 1.54) is 22.5 Å². The van der Waals surface area contributed by atoms with Crippen LogP contribution in [0.15, 0.2) is 23.3 Å². The van der Waals surface area contributed by atoms with E-state index in [1.807, 2.05) is 0 Å². The van der Waals surface area contributed by atoms with Gasteiger partial charge in [0.1, 0.15) is 12.0 Å². The molecule has 0 amide bonds. The summed E-state index contributed by atoms with van der Waals surface area (Å²) in [4.78, 5) is 14.2. The number of likely N-dealkylation sites (tertiary alicyclic amines) is 1. The maximum atomic E-state index is 12.7. The van der Waals surface area contributed by atoms with E-state index >= 15 is 0 Å². The second-order valence-electron chi connectivity index (χ2n) is 9.49. The molecule has 3 saturated heterocycles. The highest BCUT2D eigenvalue weighted by Gasteiger charge is 2.52. The zero-order valence-corrected chi connectivity index (χ0v) is 16.6. The van der Waals surface area contributed by atoms with E-state index in [0.29, 0.717) is 13.2 Å². The number of carbonyl (C=O) groups excluding carboxylic acids is 1. The molecule has 0 aromatic carbocycles. The van der Waals surface area contributed by atoms with E-state index in [2.05, 4.69) is 26.0 Å². The van der Waals surface area contributed by atoms with Crippen LogP contribution in [0, 0.1) is 17.3 Å². The second kappa shape index (κ2) is 6.43. The summed E-state index contributed by atoms with van der Waals surface area (Å²) in [5, 5.41) is 0. The minimum atomic E-state index is -0.332. The van der Waals surface area contributed by atoms with E-state index in [-0.39, 0.29) is 35.1 Å². The number of ether oxygens (including phenoxy) is 3. The first-order chi connectivity index (χ1) is 13.0. The highest BCUT2D eigenvalue weighted by atomic mass is 16.7. The van der Waals surface area contributed by atoms with Gasteiger partial charge in [0.2, 0.25) is 0 Å². The molecule has 4 atom stereocenters. The molecule has 1 spiro atoms. The molecule has 0 saturated carbocycles. The smallest absolute Gasteiger partial charge is 0.315 e. The summed E-state index contributed by atoms with van der Waals surface area (Å²) < 4.78 is 17.6. The molecule has 3 heterocycles. The van der Waals surface area contributed by atoms with Crippen LogP contribution in [0.4, 0.5) is 0 Å². The fourth-order valence-electron chi connectivity index (χ4n) is 6.15. The minimum absolute atomic E-state index is 0.00348. The molecule has 3 aliphatic heterocycles. The van der Waals surface area contributed by atoms with Crippen LogP contribution in [0.2, 0.25) is 0 Å². The van der Waals surface area contributed by atoms with Crippen molar-refractivity contribution in [3.05, 3.63) is 23.3 Å². The number of rotatable bonds is 2. The largest absolute Gasteiger partial charge is 0.461 e. The summed E-state index contributed by atoms with van der Waals surface area (Å²) in [5.41, 5.74) is 3.05. The van der Waals surface area contributed by atoms with Crippen LogP contribution in [-0.2, 0) is 19.0 Å². The van der Waals surface area contributed by atoms with Gasteiger partial charge in [-0.25, -0.2) is 0 Å². The molecule has 2 aliphatic carbocycles. The molecule has 0 aromatic rings. The molecule has 5 heteroatoms. The molecule has 3 fully saturated rings. The fourth-order valence-corrected chi connectivity index (χ4v) is 6.15. The predicted molar refractivity (Wildman–Crippen MR) is 100 cm³/mol.